The molecule has 10 heteroatoms. The number of methoxy groups -OCH3 is 4. The number of para-hydroxylation sites is 1. The van der Waals surface area contributed by atoms with Gasteiger partial charge in [0.25, 0.3) is 11.8 Å². The topological polar surface area (TPSA) is 99.2 Å². The average molecular weight is 546 g/mol. The first-order valence-electron chi connectivity index (χ1n) is 11.8. The van der Waals surface area contributed by atoms with Crippen molar-refractivity contribution < 1.29 is 28.5 Å². The highest BCUT2D eigenvalue weighted by Crippen LogP contribution is 2.30. The number of hydrazine groups is 1. The molecule has 0 saturated carbocycles. The normalized spacial score (nSPS) is 11.1. The highest BCUT2D eigenvalue weighted by Gasteiger charge is 2.20. The summed E-state index contributed by atoms with van der Waals surface area (Å²) < 4.78 is 22.0. The lowest BCUT2D eigenvalue weighted by Crippen LogP contribution is -2.45. The zero-order valence-corrected chi connectivity index (χ0v) is 22.7. The van der Waals surface area contributed by atoms with Crippen LogP contribution in [0, 0.1) is 0 Å². The quantitative estimate of drug-likeness (QED) is 0.230. The summed E-state index contributed by atoms with van der Waals surface area (Å²) in [5, 5.41) is 1.45. The van der Waals surface area contributed by atoms with Crippen molar-refractivity contribution in [2.75, 3.05) is 33.4 Å². The minimum atomic E-state index is -0.517. The van der Waals surface area contributed by atoms with Crippen LogP contribution >= 0.6 is 11.3 Å². The second kappa shape index (κ2) is 12.6. The van der Waals surface area contributed by atoms with Gasteiger partial charge in [0, 0.05) is 12.2 Å². The fourth-order valence-electron chi connectivity index (χ4n) is 3.63. The number of amides is 2. The summed E-state index contributed by atoms with van der Waals surface area (Å²) in [6.45, 7) is 0. The fraction of sp³-hybridized carbons (Fsp3) is 0.138. The molecule has 3 aromatic carbocycles. The van der Waals surface area contributed by atoms with Crippen molar-refractivity contribution in [3.8, 4) is 23.0 Å². The molecule has 0 spiro atoms. The van der Waals surface area contributed by atoms with E-state index in [1.54, 1.807) is 62.8 Å². The van der Waals surface area contributed by atoms with E-state index in [0.29, 0.717) is 44.8 Å². The molecule has 0 aliphatic heterocycles. The molecule has 0 radical (unpaired) electrons. The number of fused-ring (bicyclic) bond motifs is 1. The Kier molecular flexibility index (Phi) is 8.80. The first kappa shape index (κ1) is 27.2. The van der Waals surface area contributed by atoms with E-state index >= 15 is 0 Å². The molecule has 0 bridgehead atoms. The smallest absolute Gasteiger partial charge is 0.271 e. The van der Waals surface area contributed by atoms with E-state index < -0.39 is 11.8 Å². The lowest BCUT2D eigenvalue weighted by atomic mass is 10.2. The number of hydrogen-bond acceptors (Lipinski definition) is 8. The number of ether oxygens (including phenoxy) is 4. The maximum Gasteiger partial charge on any atom is 0.271 e. The van der Waals surface area contributed by atoms with Gasteiger partial charge in [-0.1, -0.05) is 35.6 Å². The Labute approximate surface area is 229 Å². The Balaban J connectivity index is 1.58. The molecule has 4 rings (SSSR count). The predicted molar refractivity (Wildman–Crippen MR) is 152 cm³/mol. The number of hydrogen-bond donors (Lipinski definition) is 1. The van der Waals surface area contributed by atoms with Crippen molar-refractivity contribution in [3.05, 3.63) is 83.9 Å². The number of nitrogens with zero attached hydrogens (tertiary/aromatic N) is 2. The number of carbonyl (C=O) groups is 2. The number of thiazole rings is 1. The molecule has 0 aliphatic carbocycles. The summed E-state index contributed by atoms with van der Waals surface area (Å²) in [6.07, 6.45) is 5.91. The molecule has 2 amide bonds. The van der Waals surface area contributed by atoms with Crippen molar-refractivity contribution in [1.82, 2.24) is 10.4 Å². The third-order valence-corrected chi connectivity index (χ3v) is 6.60. The molecular weight excluding hydrogens is 518 g/mol. The summed E-state index contributed by atoms with van der Waals surface area (Å²) in [7, 11) is 6.18. The minimum absolute atomic E-state index is 0.325. The maximum absolute atomic E-state index is 13.3. The summed E-state index contributed by atoms with van der Waals surface area (Å²) in [5.41, 5.74) is 4.79. The Bertz CT molecular complexity index is 1510. The van der Waals surface area contributed by atoms with Crippen LogP contribution < -0.4 is 29.4 Å². The van der Waals surface area contributed by atoms with Gasteiger partial charge in [-0.25, -0.2) is 4.98 Å². The molecule has 9 nitrogen and oxygen atoms in total. The lowest BCUT2D eigenvalue weighted by molar-refractivity contribution is -0.121. The molecule has 0 unspecified atom stereocenters. The van der Waals surface area contributed by atoms with E-state index in [9.17, 15) is 9.59 Å². The zero-order valence-electron chi connectivity index (χ0n) is 21.8. The van der Waals surface area contributed by atoms with E-state index in [1.165, 1.54) is 37.7 Å². The number of rotatable bonds is 9. The molecule has 200 valence electrons. The van der Waals surface area contributed by atoms with Gasteiger partial charge in [0.1, 0.15) is 0 Å². The largest absolute Gasteiger partial charge is 0.493 e. The predicted octanol–water partition coefficient (Wildman–Crippen LogP) is 5.12. The van der Waals surface area contributed by atoms with Crippen LogP contribution in [0.4, 0.5) is 5.13 Å². The van der Waals surface area contributed by atoms with Crippen LogP contribution in [0.5, 0.6) is 23.0 Å². The van der Waals surface area contributed by atoms with Crippen LogP contribution in [-0.4, -0.2) is 45.2 Å². The number of anilines is 1. The number of benzene rings is 3. The van der Waals surface area contributed by atoms with Gasteiger partial charge in [-0.05, 0) is 59.7 Å². The van der Waals surface area contributed by atoms with Gasteiger partial charge in [0.15, 0.2) is 23.0 Å². The van der Waals surface area contributed by atoms with E-state index in [0.717, 1.165) is 9.71 Å². The van der Waals surface area contributed by atoms with Crippen molar-refractivity contribution in [3.63, 3.8) is 0 Å². The van der Waals surface area contributed by atoms with Crippen molar-refractivity contribution >= 4 is 50.7 Å². The Morgan fingerprint density at radius 2 is 1.33 bits per heavy atom. The van der Waals surface area contributed by atoms with Crippen LogP contribution in [0.25, 0.3) is 22.4 Å². The molecule has 0 fully saturated rings. The first-order chi connectivity index (χ1) is 18.9. The SMILES string of the molecule is COc1ccc(C=CC(=O)NN(C(=O)C=Cc2ccc(OC)c(OC)c2)c2nc3ccccc3s2)cc1OC. The molecule has 0 saturated heterocycles. The summed E-state index contributed by atoms with van der Waals surface area (Å²) in [5.74, 6) is 1.21. The van der Waals surface area contributed by atoms with Crippen molar-refractivity contribution in [2.45, 2.75) is 0 Å². The highest BCUT2D eigenvalue weighted by atomic mass is 32.1. The van der Waals surface area contributed by atoms with Gasteiger partial charge in [-0.15, -0.1) is 0 Å². The van der Waals surface area contributed by atoms with E-state index in [-0.39, 0.29) is 0 Å². The van der Waals surface area contributed by atoms with Crippen LogP contribution in [0.1, 0.15) is 11.1 Å². The summed E-state index contributed by atoms with van der Waals surface area (Å²) in [4.78, 5) is 30.8. The van der Waals surface area contributed by atoms with Gasteiger partial charge < -0.3 is 18.9 Å². The van der Waals surface area contributed by atoms with Gasteiger partial charge >= 0.3 is 0 Å². The molecule has 0 aliphatic rings. The lowest BCUT2D eigenvalue weighted by Gasteiger charge is -2.18. The second-order valence-corrected chi connectivity index (χ2v) is 9.02. The monoisotopic (exact) mass is 545 g/mol. The molecule has 4 aromatic rings. The third kappa shape index (κ3) is 6.55. The maximum atomic E-state index is 13.3. The average Bonchev–Trinajstić information content (AvgIpc) is 3.41. The Hall–Kier alpha value is -4.83. The van der Waals surface area contributed by atoms with E-state index in [2.05, 4.69) is 10.4 Å². The van der Waals surface area contributed by atoms with E-state index in [4.69, 9.17) is 18.9 Å². The second-order valence-electron chi connectivity index (χ2n) is 8.01. The van der Waals surface area contributed by atoms with Crippen LogP contribution in [0.3, 0.4) is 0 Å². The summed E-state index contributed by atoms with van der Waals surface area (Å²) in [6, 6.07) is 18.0. The van der Waals surface area contributed by atoms with Crippen LogP contribution in [0.2, 0.25) is 0 Å². The van der Waals surface area contributed by atoms with Crippen LogP contribution in [0.15, 0.2) is 72.8 Å². The van der Waals surface area contributed by atoms with Crippen molar-refractivity contribution in [1.29, 1.82) is 0 Å². The first-order valence-corrected chi connectivity index (χ1v) is 12.6. The molecular formula is C29H27N3O6S. The van der Waals surface area contributed by atoms with Gasteiger partial charge in [0.2, 0.25) is 5.13 Å². The van der Waals surface area contributed by atoms with Gasteiger partial charge in [0.05, 0.1) is 38.7 Å². The summed E-state index contributed by atoms with van der Waals surface area (Å²) >= 11 is 1.29. The fourth-order valence-corrected chi connectivity index (χ4v) is 4.56. The molecule has 1 aromatic heterocycles. The third-order valence-electron chi connectivity index (χ3n) is 5.58. The van der Waals surface area contributed by atoms with Gasteiger partial charge in [-0.3, -0.25) is 15.0 Å². The number of nitrogens with one attached hydrogen (secondary N) is 1. The van der Waals surface area contributed by atoms with Crippen LogP contribution in [-0.2, 0) is 9.59 Å². The molecule has 39 heavy (non-hydrogen) atoms. The van der Waals surface area contributed by atoms with Gasteiger partial charge in [-0.2, -0.15) is 5.01 Å². The standard InChI is InChI=1S/C29H27N3O6S/c1-35-22-13-9-19(17-24(22)37-3)11-15-27(33)31-32(29-30-21-7-5-6-8-26(21)39-29)28(34)16-12-20-10-14-23(36-2)25(18-20)38-4/h5-18H,1-4H3,(H,31,33). The highest BCUT2D eigenvalue weighted by molar-refractivity contribution is 7.22. The Morgan fingerprint density at radius 3 is 1.90 bits per heavy atom. The number of aromatic nitrogens is 1. The van der Waals surface area contributed by atoms with Crippen molar-refractivity contribution in [2.24, 2.45) is 0 Å². The zero-order chi connectivity index (χ0) is 27.8. The molecule has 0 atom stereocenters. The Morgan fingerprint density at radius 1 is 0.769 bits per heavy atom. The molecule has 1 N–H and O–H groups in total. The van der Waals surface area contributed by atoms with E-state index in [1.807, 2.05) is 24.3 Å². The molecule has 1 heterocycles. The minimum Gasteiger partial charge on any atom is -0.493 e. The number of carbonyl (C=O) groups excluding carboxylic acids is 2.